The summed E-state index contributed by atoms with van der Waals surface area (Å²) in [4.78, 5) is 33.7. The topological polar surface area (TPSA) is 137 Å². The molecule has 2 amide bonds. The smallest absolute Gasteiger partial charge is 0.424 e. The van der Waals surface area contributed by atoms with E-state index in [9.17, 15) is 36.6 Å². The number of primary amides is 1. The summed E-state index contributed by atoms with van der Waals surface area (Å²) in [6.45, 7) is -1.19. The van der Waals surface area contributed by atoms with Crippen LogP contribution in [0.25, 0.3) is 22.2 Å². The van der Waals surface area contributed by atoms with E-state index in [0.29, 0.717) is 5.39 Å². The van der Waals surface area contributed by atoms with Crippen molar-refractivity contribution in [2.24, 2.45) is 5.73 Å². The molecule has 0 aliphatic carbocycles. The van der Waals surface area contributed by atoms with Crippen LogP contribution in [0.4, 0.5) is 22.0 Å². The predicted octanol–water partition coefficient (Wildman–Crippen LogP) is 4.23. The highest BCUT2D eigenvalue weighted by Gasteiger charge is 2.57. The van der Waals surface area contributed by atoms with Crippen LogP contribution in [0.3, 0.4) is 0 Å². The van der Waals surface area contributed by atoms with Gasteiger partial charge in [0.25, 0.3) is 5.91 Å². The molecule has 44 heavy (non-hydrogen) atoms. The standard InChI is InChI=1S/C30H25F5N4O5/c1-28(27(36)41)14-44-25-20(28)11-22(39-24(25)15-3-6-18(32)7-4-15)29(42,30(33,34)35)13-37-26(40)17-9-16-5-8-19(12-31)38-23(16)21(10-17)43-2/h3-11,42H,12-14H2,1-2H3,(H2,36,41)(H,37,40). The van der Waals surface area contributed by atoms with Crippen LogP contribution in [0.15, 0.2) is 54.6 Å². The first-order chi connectivity index (χ1) is 20.7. The lowest BCUT2D eigenvalue weighted by molar-refractivity contribution is -0.265. The van der Waals surface area contributed by atoms with Crippen LogP contribution in [-0.2, 0) is 22.5 Å². The zero-order valence-corrected chi connectivity index (χ0v) is 23.3. The molecule has 1 aliphatic heterocycles. The second-order valence-electron chi connectivity index (χ2n) is 10.5. The summed E-state index contributed by atoms with van der Waals surface area (Å²) in [6, 6.07) is 10.9. The monoisotopic (exact) mass is 616 g/mol. The third-order valence-electron chi connectivity index (χ3n) is 7.57. The van der Waals surface area contributed by atoms with Crippen molar-refractivity contribution in [3.8, 4) is 22.8 Å². The fraction of sp³-hybridized carbons (Fsp3) is 0.267. The Morgan fingerprint density at radius 1 is 1.11 bits per heavy atom. The second-order valence-corrected chi connectivity index (χ2v) is 10.5. The molecule has 2 aromatic carbocycles. The molecule has 2 unspecified atom stereocenters. The van der Waals surface area contributed by atoms with Gasteiger partial charge in [0.2, 0.25) is 11.5 Å². The van der Waals surface area contributed by atoms with Crippen molar-refractivity contribution < 1.29 is 46.1 Å². The minimum atomic E-state index is -5.39. The van der Waals surface area contributed by atoms with Gasteiger partial charge in [0.15, 0.2) is 0 Å². The molecule has 4 aromatic rings. The summed E-state index contributed by atoms with van der Waals surface area (Å²) in [7, 11) is 1.28. The average Bonchev–Trinajstić information content (AvgIpc) is 3.35. The van der Waals surface area contributed by atoms with Crippen molar-refractivity contribution in [1.82, 2.24) is 15.3 Å². The van der Waals surface area contributed by atoms with Gasteiger partial charge < -0.3 is 25.6 Å². The number of halogens is 5. The number of nitrogens with zero attached hydrogens (tertiary/aromatic N) is 2. The minimum absolute atomic E-state index is 0.0528. The Morgan fingerprint density at radius 2 is 1.82 bits per heavy atom. The van der Waals surface area contributed by atoms with Gasteiger partial charge >= 0.3 is 6.18 Å². The molecule has 5 rings (SSSR count). The zero-order chi connectivity index (χ0) is 32.0. The van der Waals surface area contributed by atoms with E-state index in [-0.39, 0.29) is 51.7 Å². The predicted molar refractivity (Wildman–Crippen MR) is 147 cm³/mol. The third kappa shape index (κ3) is 5.14. The lowest BCUT2D eigenvalue weighted by Gasteiger charge is -2.31. The highest BCUT2D eigenvalue weighted by molar-refractivity contribution is 6.00. The molecule has 14 heteroatoms. The van der Waals surface area contributed by atoms with Crippen molar-refractivity contribution in [2.75, 3.05) is 20.3 Å². The number of methoxy groups -OCH3 is 1. The molecule has 0 radical (unpaired) electrons. The fourth-order valence-corrected chi connectivity index (χ4v) is 4.85. The number of ether oxygens (including phenoxy) is 2. The summed E-state index contributed by atoms with van der Waals surface area (Å²) in [5.41, 5.74) is -0.642. The van der Waals surface area contributed by atoms with E-state index >= 15 is 0 Å². The molecule has 230 valence electrons. The number of aromatic nitrogens is 2. The van der Waals surface area contributed by atoms with E-state index in [1.807, 2.05) is 0 Å². The molecule has 3 heterocycles. The Hall–Kier alpha value is -4.85. The van der Waals surface area contributed by atoms with Crippen LogP contribution in [0.5, 0.6) is 11.5 Å². The quantitative estimate of drug-likeness (QED) is 0.252. The molecular weight excluding hydrogens is 591 g/mol. The first-order valence-electron chi connectivity index (χ1n) is 13.1. The maximum absolute atomic E-state index is 14.7. The van der Waals surface area contributed by atoms with E-state index in [2.05, 4.69) is 15.3 Å². The number of amides is 2. The molecule has 9 nitrogen and oxygen atoms in total. The highest BCUT2D eigenvalue weighted by Crippen LogP contribution is 2.47. The number of hydrogen-bond acceptors (Lipinski definition) is 7. The fourth-order valence-electron chi connectivity index (χ4n) is 4.85. The van der Waals surface area contributed by atoms with E-state index in [1.165, 1.54) is 50.4 Å². The third-order valence-corrected chi connectivity index (χ3v) is 7.57. The van der Waals surface area contributed by atoms with Crippen molar-refractivity contribution in [1.29, 1.82) is 0 Å². The number of carbonyl (C=O) groups is 2. The Bertz CT molecular complexity index is 1780. The summed E-state index contributed by atoms with van der Waals surface area (Å²) < 4.78 is 81.6. The van der Waals surface area contributed by atoms with Gasteiger partial charge in [-0.15, -0.1) is 0 Å². The Kier molecular flexibility index (Phi) is 7.66. The van der Waals surface area contributed by atoms with Crippen molar-refractivity contribution in [3.63, 3.8) is 0 Å². The van der Waals surface area contributed by atoms with Crippen molar-refractivity contribution in [3.05, 3.63) is 82.9 Å². The lowest BCUT2D eigenvalue weighted by Crippen LogP contribution is -2.51. The van der Waals surface area contributed by atoms with E-state index < -0.39 is 53.7 Å². The minimum Gasteiger partial charge on any atom is -0.494 e. The normalized spacial score (nSPS) is 17.5. The Morgan fingerprint density at radius 3 is 2.43 bits per heavy atom. The number of nitrogens with two attached hydrogens (primary N) is 1. The summed E-state index contributed by atoms with van der Waals surface area (Å²) in [6.07, 6.45) is -5.39. The summed E-state index contributed by atoms with van der Waals surface area (Å²) in [5, 5.41) is 13.7. The number of hydrogen-bond donors (Lipinski definition) is 3. The Balaban J connectivity index is 1.57. The van der Waals surface area contributed by atoms with E-state index in [0.717, 1.165) is 18.2 Å². The molecular formula is C30H25F5N4O5. The molecule has 1 aliphatic rings. The SMILES string of the molecule is COc1cc(C(=O)NCC(O)(c2cc3c(c(-c4ccc(F)cc4)n2)OCC3(C)C(N)=O)C(F)(F)F)cc2ccc(CF)nc12. The van der Waals surface area contributed by atoms with Crippen LogP contribution in [0.2, 0.25) is 0 Å². The molecule has 2 aromatic heterocycles. The number of aliphatic hydroxyl groups is 1. The lowest BCUT2D eigenvalue weighted by atomic mass is 9.81. The van der Waals surface area contributed by atoms with E-state index in [1.54, 1.807) is 0 Å². The number of benzene rings is 2. The molecule has 0 saturated heterocycles. The van der Waals surface area contributed by atoms with Crippen LogP contribution < -0.4 is 20.5 Å². The van der Waals surface area contributed by atoms with Gasteiger partial charge in [0, 0.05) is 22.1 Å². The molecule has 4 N–H and O–H groups in total. The van der Waals surface area contributed by atoms with Gasteiger partial charge in [0.1, 0.15) is 47.2 Å². The van der Waals surface area contributed by atoms with Gasteiger partial charge in [-0.1, -0.05) is 6.07 Å². The Labute approximate surface area is 246 Å². The van der Waals surface area contributed by atoms with Crippen LogP contribution in [0, 0.1) is 5.82 Å². The number of nitrogens with one attached hydrogen (secondary N) is 1. The van der Waals surface area contributed by atoms with Gasteiger partial charge in [0.05, 0.1) is 25.0 Å². The summed E-state index contributed by atoms with van der Waals surface area (Å²) in [5.74, 6) is -2.51. The van der Waals surface area contributed by atoms with Crippen LogP contribution in [0.1, 0.15) is 34.2 Å². The molecule has 0 spiro atoms. The van der Waals surface area contributed by atoms with Crippen molar-refractivity contribution in [2.45, 2.75) is 30.8 Å². The highest BCUT2D eigenvalue weighted by atomic mass is 19.4. The molecule has 0 saturated carbocycles. The first kappa shape index (κ1) is 30.6. The number of fused-ring (bicyclic) bond motifs is 2. The zero-order valence-electron chi connectivity index (χ0n) is 23.3. The molecule has 2 atom stereocenters. The summed E-state index contributed by atoms with van der Waals surface area (Å²) >= 11 is 0. The maximum Gasteiger partial charge on any atom is 0.424 e. The van der Waals surface area contributed by atoms with Gasteiger partial charge in [-0.05, 0) is 55.5 Å². The number of alkyl halides is 4. The number of rotatable bonds is 8. The number of pyridine rings is 2. The second kappa shape index (κ2) is 11.0. The number of carbonyl (C=O) groups excluding carboxylic acids is 2. The van der Waals surface area contributed by atoms with Gasteiger partial charge in [-0.3, -0.25) is 9.59 Å². The van der Waals surface area contributed by atoms with Gasteiger partial charge in [-0.25, -0.2) is 18.7 Å². The average molecular weight is 617 g/mol. The maximum atomic E-state index is 14.7. The molecule has 0 fully saturated rings. The van der Waals surface area contributed by atoms with Gasteiger partial charge in [-0.2, -0.15) is 13.2 Å². The van der Waals surface area contributed by atoms with Crippen LogP contribution in [-0.4, -0.2) is 53.3 Å². The van der Waals surface area contributed by atoms with Crippen LogP contribution >= 0.6 is 0 Å². The van der Waals surface area contributed by atoms with E-state index in [4.69, 9.17) is 15.2 Å². The first-order valence-corrected chi connectivity index (χ1v) is 13.1. The van der Waals surface area contributed by atoms with Crippen molar-refractivity contribution >= 4 is 22.7 Å². The largest absolute Gasteiger partial charge is 0.494 e. The molecule has 0 bridgehead atoms.